The Kier molecular flexibility index (Phi) is 4.77. The topological polar surface area (TPSA) is 71.8 Å². The fourth-order valence-electron chi connectivity index (χ4n) is 3.70. The molecule has 0 atom stereocenters. The fourth-order valence-corrected chi connectivity index (χ4v) is 3.70. The van der Waals surface area contributed by atoms with Crippen molar-refractivity contribution in [2.75, 3.05) is 26.3 Å². The molecule has 1 aromatic heterocycles. The summed E-state index contributed by atoms with van der Waals surface area (Å²) >= 11 is 0. The Morgan fingerprint density at radius 1 is 0.926 bits per heavy atom. The van der Waals surface area contributed by atoms with E-state index in [1.807, 2.05) is 53.4 Å². The third-order valence-electron chi connectivity index (χ3n) is 5.12. The van der Waals surface area contributed by atoms with Gasteiger partial charge in [-0.3, -0.25) is 19.3 Å². The quantitative estimate of drug-likeness (QED) is 0.770. The van der Waals surface area contributed by atoms with E-state index in [0.717, 1.165) is 5.69 Å². The van der Waals surface area contributed by atoms with Crippen LogP contribution in [0, 0.1) is 0 Å². The predicted molar refractivity (Wildman–Crippen MR) is 97.4 cm³/mol. The van der Waals surface area contributed by atoms with E-state index in [1.165, 1.54) is 4.90 Å². The van der Waals surface area contributed by atoms with Gasteiger partial charge in [0.25, 0.3) is 17.7 Å². The summed E-state index contributed by atoms with van der Waals surface area (Å²) in [6.45, 7) is 0.971. The van der Waals surface area contributed by atoms with Crippen LogP contribution in [0.4, 0.5) is 0 Å². The molecule has 7 nitrogen and oxygen atoms in total. The Balaban J connectivity index is 1.38. The van der Waals surface area contributed by atoms with Crippen LogP contribution in [-0.2, 0) is 14.3 Å². The number of nitrogens with zero attached hydrogens (tertiary/aromatic N) is 3. The van der Waals surface area contributed by atoms with Crippen LogP contribution >= 0.6 is 0 Å². The van der Waals surface area contributed by atoms with Gasteiger partial charge in [0.2, 0.25) is 0 Å². The molecular formula is C20H21N3O4. The summed E-state index contributed by atoms with van der Waals surface area (Å²) < 4.78 is 6.94. The van der Waals surface area contributed by atoms with Gasteiger partial charge in [-0.25, -0.2) is 0 Å². The van der Waals surface area contributed by atoms with Crippen molar-refractivity contribution in [3.63, 3.8) is 0 Å². The van der Waals surface area contributed by atoms with Crippen molar-refractivity contribution >= 4 is 17.7 Å². The van der Waals surface area contributed by atoms with E-state index in [4.69, 9.17) is 4.74 Å². The zero-order valence-electron chi connectivity index (χ0n) is 14.9. The second kappa shape index (κ2) is 7.36. The highest BCUT2D eigenvalue weighted by Gasteiger charge is 2.35. The van der Waals surface area contributed by atoms with Crippen LogP contribution in [0.3, 0.4) is 0 Å². The first kappa shape index (κ1) is 17.5. The number of amides is 3. The van der Waals surface area contributed by atoms with Gasteiger partial charge in [-0.2, -0.15) is 0 Å². The summed E-state index contributed by atoms with van der Waals surface area (Å²) in [6, 6.07) is 11.3. The smallest absolute Gasteiger partial charge is 0.255 e. The van der Waals surface area contributed by atoms with Gasteiger partial charge < -0.3 is 14.2 Å². The highest BCUT2D eigenvalue weighted by molar-refractivity contribution is 5.98. The number of aromatic nitrogens is 1. The molecule has 7 heteroatoms. The normalized spacial score (nSPS) is 18.8. The van der Waals surface area contributed by atoms with E-state index in [9.17, 15) is 14.4 Å². The van der Waals surface area contributed by atoms with Crippen molar-refractivity contribution in [3.05, 3.63) is 54.4 Å². The zero-order valence-corrected chi connectivity index (χ0v) is 14.9. The van der Waals surface area contributed by atoms with Gasteiger partial charge in [0.15, 0.2) is 0 Å². The first-order valence-corrected chi connectivity index (χ1v) is 9.09. The SMILES string of the molecule is O=C(c1ccc(-n2cccc2)cc1)N1CCC(N2C(=O)COCC2=O)CC1. The maximum absolute atomic E-state index is 12.8. The van der Waals surface area contributed by atoms with Gasteiger partial charge in [0.05, 0.1) is 0 Å². The lowest BCUT2D eigenvalue weighted by atomic mass is 10.0. The van der Waals surface area contributed by atoms with E-state index in [-0.39, 0.29) is 37.0 Å². The number of piperidine rings is 1. The van der Waals surface area contributed by atoms with E-state index in [2.05, 4.69) is 0 Å². The third kappa shape index (κ3) is 3.50. The van der Waals surface area contributed by atoms with Crippen molar-refractivity contribution in [1.82, 2.24) is 14.4 Å². The maximum Gasteiger partial charge on any atom is 0.255 e. The molecule has 2 aliphatic rings. The molecule has 1 aromatic carbocycles. The minimum Gasteiger partial charge on any atom is -0.362 e. The number of hydrogen-bond donors (Lipinski definition) is 0. The van der Waals surface area contributed by atoms with Gasteiger partial charge in [0.1, 0.15) is 13.2 Å². The molecule has 140 valence electrons. The number of morpholine rings is 1. The van der Waals surface area contributed by atoms with Crippen molar-refractivity contribution in [2.24, 2.45) is 0 Å². The van der Waals surface area contributed by atoms with Gasteiger partial charge in [0, 0.05) is 42.8 Å². The molecule has 4 rings (SSSR count). The van der Waals surface area contributed by atoms with Crippen LogP contribution < -0.4 is 0 Å². The van der Waals surface area contributed by atoms with Crippen LogP contribution in [0.15, 0.2) is 48.8 Å². The summed E-state index contributed by atoms with van der Waals surface area (Å²) in [7, 11) is 0. The molecule has 0 unspecified atom stereocenters. The minimum absolute atomic E-state index is 0.0212. The summed E-state index contributed by atoms with van der Waals surface area (Å²) in [5.41, 5.74) is 1.64. The van der Waals surface area contributed by atoms with Gasteiger partial charge in [-0.15, -0.1) is 0 Å². The standard InChI is InChI=1S/C20H21N3O4/c24-18-13-27-14-19(25)23(18)17-7-11-22(12-8-17)20(26)15-3-5-16(6-4-15)21-9-1-2-10-21/h1-6,9-10,17H,7-8,11-14H2. The highest BCUT2D eigenvalue weighted by atomic mass is 16.5. The minimum atomic E-state index is -0.281. The fraction of sp³-hybridized carbons (Fsp3) is 0.350. The maximum atomic E-state index is 12.8. The van der Waals surface area contributed by atoms with Crippen molar-refractivity contribution in [3.8, 4) is 5.69 Å². The molecule has 2 aliphatic heterocycles. The number of rotatable bonds is 3. The summed E-state index contributed by atoms with van der Waals surface area (Å²) in [5.74, 6) is -0.583. The third-order valence-corrected chi connectivity index (χ3v) is 5.12. The van der Waals surface area contributed by atoms with Crippen LogP contribution in [0.5, 0.6) is 0 Å². The number of likely N-dealkylation sites (tertiary alicyclic amines) is 1. The van der Waals surface area contributed by atoms with Gasteiger partial charge >= 0.3 is 0 Å². The van der Waals surface area contributed by atoms with Gasteiger partial charge in [-0.1, -0.05) is 0 Å². The van der Waals surface area contributed by atoms with Crippen LogP contribution in [0.2, 0.25) is 0 Å². The lowest BCUT2D eigenvalue weighted by Crippen LogP contribution is -2.55. The Hall–Kier alpha value is -2.93. The summed E-state index contributed by atoms with van der Waals surface area (Å²) in [5, 5.41) is 0. The van der Waals surface area contributed by atoms with Crippen molar-refractivity contribution < 1.29 is 19.1 Å². The van der Waals surface area contributed by atoms with Crippen LogP contribution in [0.25, 0.3) is 5.69 Å². The predicted octanol–water partition coefficient (Wildman–Crippen LogP) is 1.47. The monoisotopic (exact) mass is 367 g/mol. The lowest BCUT2D eigenvalue weighted by molar-refractivity contribution is -0.162. The molecule has 2 fully saturated rings. The highest BCUT2D eigenvalue weighted by Crippen LogP contribution is 2.21. The molecule has 0 aliphatic carbocycles. The number of hydrogen-bond acceptors (Lipinski definition) is 4. The van der Waals surface area contributed by atoms with Crippen LogP contribution in [0.1, 0.15) is 23.2 Å². The van der Waals surface area contributed by atoms with E-state index < -0.39 is 0 Å². The molecule has 2 saturated heterocycles. The average molecular weight is 367 g/mol. The van der Waals surface area contributed by atoms with Crippen LogP contribution in [-0.4, -0.2) is 64.4 Å². The molecule has 3 heterocycles. The van der Waals surface area contributed by atoms with Crippen molar-refractivity contribution in [2.45, 2.75) is 18.9 Å². The molecular weight excluding hydrogens is 346 g/mol. The molecule has 0 saturated carbocycles. The molecule has 3 amide bonds. The Labute approximate surface area is 157 Å². The number of carbonyl (C=O) groups is 3. The van der Waals surface area contributed by atoms with E-state index >= 15 is 0 Å². The molecule has 27 heavy (non-hydrogen) atoms. The number of carbonyl (C=O) groups excluding carboxylic acids is 3. The molecule has 2 aromatic rings. The number of ether oxygens (including phenoxy) is 1. The summed E-state index contributed by atoms with van der Waals surface area (Å²) in [4.78, 5) is 39.8. The van der Waals surface area contributed by atoms with E-state index in [0.29, 0.717) is 31.5 Å². The molecule has 0 N–H and O–H groups in total. The Bertz CT molecular complexity index is 821. The zero-order chi connectivity index (χ0) is 18.8. The Morgan fingerprint density at radius 3 is 2.11 bits per heavy atom. The number of imide groups is 1. The van der Waals surface area contributed by atoms with Crippen molar-refractivity contribution in [1.29, 1.82) is 0 Å². The second-order valence-corrected chi connectivity index (χ2v) is 6.81. The molecule has 0 bridgehead atoms. The molecule has 0 radical (unpaired) electrons. The first-order chi connectivity index (χ1) is 13.1. The average Bonchev–Trinajstić information content (AvgIpc) is 3.23. The first-order valence-electron chi connectivity index (χ1n) is 9.09. The van der Waals surface area contributed by atoms with E-state index in [1.54, 1.807) is 4.90 Å². The largest absolute Gasteiger partial charge is 0.362 e. The van der Waals surface area contributed by atoms with Gasteiger partial charge in [-0.05, 0) is 49.2 Å². The molecule has 0 spiro atoms. The Morgan fingerprint density at radius 2 is 1.52 bits per heavy atom. The lowest BCUT2D eigenvalue weighted by Gasteiger charge is -2.38. The second-order valence-electron chi connectivity index (χ2n) is 6.81. The number of benzene rings is 1. The summed E-state index contributed by atoms with van der Waals surface area (Å²) in [6.07, 6.45) is 5.11.